The van der Waals surface area contributed by atoms with Crippen LogP contribution in [0.25, 0.3) is 11.1 Å². The molecule has 0 aliphatic heterocycles. The SMILES string of the molecule is COc1cn(C(CC(C)F)C(=O)Nc2ccc(C(=O)O)cc2)c(=O)cc1-c1cc(Cl)ccc1C#N. The highest BCUT2D eigenvalue weighted by Gasteiger charge is 2.26. The lowest BCUT2D eigenvalue weighted by Gasteiger charge is -2.22. The number of rotatable bonds is 8. The van der Waals surface area contributed by atoms with Crippen LogP contribution >= 0.6 is 11.6 Å². The number of hydrogen-bond acceptors (Lipinski definition) is 5. The van der Waals surface area contributed by atoms with Crippen LogP contribution < -0.4 is 15.6 Å². The molecule has 2 N–H and O–H groups in total. The number of alkyl halides is 1. The smallest absolute Gasteiger partial charge is 0.335 e. The molecule has 8 nitrogen and oxygen atoms in total. The number of ether oxygens (including phenoxy) is 1. The van der Waals surface area contributed by atoms with E-state index in [0.717, 1.165) is 4.57 Å². The van der Waals surface area contributed by atoms with Gasteiger partial charge in [-0.25, -0.2) is 9.18 Å². The zero-order valence-corrected chi connectivity index (χ0v) is 19.5. The van der Waals surface area contributed by atoms with E-state index < -0.39 is 29.6 Å². The molecule has 0 saturated carbocycles. The van der Waals surface area contributed by atoms with Crippen LogP contribution in [-0.2, 0) is 4.79 Å². The Morgan fingerprint density at radius 1 is 1.20 bits per heavy atom. The van der Waals surface area contributed by atoms with Gasteiger partial charge in [0.2, 0.25) is 5.91 Å². The minimum atomic E-state index is -1.42. The molecule has 0 radical (unpaired) electrons. The molecule has 2 unspecified atom stereocenters. The molecule has 0 aliphatic carbocycles. The number of anilines is 1. The minimum absolute atomic E-state index is 0.0335. The van der Waals surface area contributed by atoms with Gasteiger partial charge in [0.05, 0.1) is 36.7 Å². The van der Waals surface area contributed by atoms with E-state index in [1.165, 1.54) is 62.7 Å². The minimum Gasteiger partial charge on any atom is -0.495 e. The Hall–Kier alpha value is -4.16. The number of carbonyl (C=O) groups excluding carboxylic acids is 1. The number of benzene rings is 2. The van der Waals surface area contributed by atoms with Crippen molar-refractivity contribution in [2.24, 2.45) is 0 Å². The number of aromatic nitrogens is 1. The van der Waals surface area contributed by atoms with Gasteiger partial charge in [-0.3, -0.25) is 14.2 Å². The summed E-state index contributed by atoms with van der Waals surface area (Å²) in [6.07, 6.45) is -0.432. The molecule has 0 bridgehead atoms. The number of hydrogen-bond donors (Lipinski definition) is 2. The Labute approximate surface area is 205 Å². The van der Waals surface area contributed by atoms with E-state index in [-0.39, 0.29) is 29.0 Å². The summed E-state index contributed by atoms with van der Waals surface area (Å²) in [7, 11) is 1.36. The van der Waals surface area contributed by atoms with Crippen molar-refractivity contribution in [2.75, 3.05) is 12.4 Å². The largest absolute Gasteiger partial charge is 0.495 e. The van der Waals surface area contributed by atoms with Crippen molar-refractivity contribution in [3.63, 3.8) is 0 Å². The molecule has 0 spiro atoms. The fourth-order valence-corrected chi connectivity index (χ4v) is 3.73. The van der Waals surface area contributed by atoms with Gasteiger partial charge >= 0.3 is 5.97 Å². The second-order valence-corrected chi connectivity index (χ2v) is 8.14. The van der Waals surface area contributed by atoms with Crippen molar-refractivity contribution >= 4 is 29.2 Å². The average molecular weight is 498 g/mol. The van der Waals surface area contributed by atoms with E-state index in [1.54, 1.807) is 6.07 Å². The molecule has 0 saturated heterocycles. The van der Waals surface area contributed by atoms with Gasteiger partial charge in [0, 0.05) is 34.3 Å². The Balaban J connectivity index is 2.04. The molecule has 180 valence electrons. The summed E-state index contributed by atoms with van der Waals surface area (Å²) in [5, 5.41) is 21.4. The summed E-state index contributed by atoms with van der Waals surface area (Å²) in [5.41, 5.74) is 0.633. The summed E-state index contributed by atoms with van der Waals surface area (Å²) in [6.45, 7) is 1.27. The molecule has 2 atom stereocenters. The van der Waals surface area contributed by atoms with Crippen molar-refractivity contribution in [2.45, 2.75) is 25.6 Å². The van der Waals surface area contributed by atoms with Gasteiger partial charge in [-0.05, 0) is 49.4 Å². The maximum absolute atomic E-state index is 14.0. The first-order chi connectivity index (χ1) is 16.6. The van der Waals surface area contributed by atoms with Gasteiger partial charge in [-0.15, -0.1) is 0 Å². The van der Waals surface area contributed by atoms with Crippen LogP contribution in [0.4, 0.5) is 10.1 Å². The number of nitrogens with zero attached hydrogens (tertiary/aromatic N) is 2. The Kier molecular flexibility index (Phi) is 7.89. The maximum atomic E-state index is 14.0. The van der Waals surface area contributed by atoms with Crippen LogP contribution in [0.5, 0.6) is 5.75 Å². The summed E-state index contributed by atoms with van der Waals surface area (Å²) >= 11 is 6.08. The van der Waals surface area contributed by atoms with Crippen LogP contribution in [0.3, 0.4) is 0 Å². The van der Waals surface area contributed by atoms with Gasteiger partial charge in [0.1, 0.15) is 11.8 Å². The van der Waals surface area contributed by atoms with E-state index >= 15 is 0 Å². The van der Waals surface area contributed by atoms with Crippen molar-refractivity contribution in [1.29, 1.82) is 5.26 Å². The quantitative estimate of drug-likeness (QED) is 0.466. The average Bonchev–Trinajstić information content (AvgIpc) is 2.82. The van der Waals surface area contributed by atoms with Crippen molar-refractivity contribution in [3.8, 4) is 22.9 Å². The third-order valence-electron chi connectivity index (χ3n) is 5.24. The van der Waals surface area contributed by atoms with E-state index in [4.69, 9.17) is 21.4 Å². The van der Waals surface area contributed by atoms with E-state index in [2.05, 4.69) is 5.32 Å². The second-order valence-electron chi connectivity index (χ2n) is 7.71. The highest BCUT2D eigenvalue weighted by atomic mass is 35.5. The zero-order chi connectivity index (χ0) is 25.7. The molecule has 0 aliphatic rings. The molecule has 0 fully saturated rings. The summed E-state index contributed by atoms with van der Waals surface area (Å²) < 4.78 is 20.5. The van der Waals surface area contributed by atoms with Gasteiger partial charge in [0.25, 0.3) is 5.56 Å². The van der Waals surface area contributed by atoms with Gasteiger partial charge in [-0.2, -0.15) is 5.26 Å². The number of carbonyl (C=O) groups is 2. The van der Waals surface area contributed by atoms with Crippen molar-refractivity contribution < 1.29 is 23.8 Å². The third kappa shape index (κ3) is 5.86. The van der Waals surface area contributed by atoms with Crippen LogP contribution in [0.15, 0.2) is 59.5 Å². The predicted molar refractivity (Wildman–Crippen MR) is 129 cm³/mol. The highest BCUT2D eigenvalue weighted by Crippen LogP contribution is 2.33. The molecular weight excluding hydrogens is 477 g/mol. The first-order valence-corrected chi connectivity index (χ1v) is 10.8. The van der Waals surface area contributed by atoms with Crippen molar-refractivity contribution in [1.82, 2.24) is 4.57 Å². The van der Waals surface area contributed by atoms with Crippen molar-refractivity contribution in [3.05, 3.63) is 81.2 Å². The number of nitriles is 1. The van der Waals surface area contributed by atoms with E-state index in [9.17, 15) is 24.0 Å². The summed E-state index contributed by atoms with van der Waals surface area (Å²) in [6, 6.07) is 12.0. The molecule has 1 amide bonds. The third-order valence-corrected chi connectivity index (χ3v) is 5.48. The number of carboxylic acid groups (broad SMARTS) is 1. The first kappa shape index (κ1) is 25.5. The molecular formula is C25H21ClFN3O5. The molecule has 2 aromatic carbocycles. The van der Waals surface area contributed by atoms with E-state index in [1.807, 2.05) is 6.07 Å². The number of halogens is 2. The van der Waals surface area contributed by atoms with Gasteiger partial charge in [-0.1, -0.05) is 11.6 Å². The normalized spacial score (nSPS) is 12.3. The van der Waals surface area contributed by atoms with Crippen LogP contribution in [-0.4, -0.2) is 34.8 Å². The maximum Gasteiger partial charge on any atom is 0.335 e. The Bertz CT molecular complexity index is 1360. The molecule has 3 rings (SSSR count). The molecule has 1 aromatic heterocycles. The first-order valence-electron chi connectivity index (χ1n) is 10.4. The molecule has 1 heterocycles. The fourth-order valence-electron chi connectivity index (χ4n) is 3.56. The van der Waals surface area contributed by atoms with Crippen LogP contribution in [0.1, 0.15) is 35.3 Å². The second kappa shape index (κ2) is 10.8. The number of aromatic carboxylic acids is 1. The van der Waals surface area contributed by atoms with Crippen LogP contribution in [0.2, 0.25) is 5.02 Å². The standard InChI is InChI=1S/C25H21ClFN3O5/c1-14(27)9-21(24(32)29-18-7-4-15(5-8-18)25(33)34)30-13-22(35-2)20(11-23(30)31)19-10-17(26)6-3-16(19)12-28/h3-8,10-11,13-14,21H,9H2,1-2H3,(H,29,32)(H,33,34). The lowest BCUT2D eigenvalue weighted by molar-refractivity contribution is -0.119. The summed E-state index contributed by atoms with van der Waals surface area (Å²) in [5.74, 6) is -1.61. The Morgan fingerprint density at radius 2 is 1.89 bits per heavy atom. The number of amides is 1. The monoisotopic (exact) mass is 497 g/mol. The number of carboxylic acids is 1. The zero-order valence-electron chi connectivity index (χ0n) is 18.8. The van der Waals surface area contributed by atoms with Gasteiger partial charge in [0.15, 0.2) is 0 Å². The Morgan fingerprint density at radius 3 is 2.46 bits per heavy atom. The van der Waals surface area contributed by atoms with E-state index in [0.29, 0.717) is 16.1 Å². The lowest BCUT2D eigenvalue weighted by Crippen LogP contribution is -2.34. The molecule has 3 aromatic rings. The topological polar surface area (TPSA) is 121 Å². The summed E-state index contributed by atoms with van der Waals surface area (Å²) in [4.78, 5) is 37.2. The molecule has 35 heavy (non-hydrogen) atoms. The number of nitrogens with one attached hydrogen (secondary N) is 1. The number of pyridine rings is 1. The van der Waals surface area contributed by atoms with Gasteiger partial charge < -0.3 is 15.2 Å². The lowest BCUT2D eigenvalue weighted by atomic mass is 10.00. The highest BCUT2D eigenvalue weighted by molar-refractivity contribution is 6.31. The molecule has 10 heteroatoms. The predicted octanol–water partition coefficient (Wildman–Crippen LogP) is 4.68. The van der Waals surface area contributed by atoms with Crippen LogP contribution in [0, 0.1) is 11.3 Å². The fraction of sp³-hybridized carbons (Fsp3) is 0.200. The number of methoxy groups -OCH3 is 1.